The van der Waals surface area contributed by atoms with E-state index in [9.17, 15) is 24.6 Å². The molecule has 7 rings (SSSR count). The molecule has 0 atom stereocenters. The maximum absolute atomic E-state index is 13.2. The van der Waals surface area contributed by atoms with E-state index in [-0.39, 0.29) is 85.8 Å². The summed E-state index contributed by atoms with van der Waals surface area (Å²) in [6.45, 7) is 18.7. The predicted octanol–water partition coefficient (Wildman–Crippen LogP) is 1.02. The molecule has 36 heteroatoms. The van der Waals surface area contributed by atoms with Crippen LogP contribution in [0.5, 0.6) is 11.5 Å². The monoisotopic (exact) mass is 1330 g/mol. The van der Waals surface area contributed by atoms with E-state index < -0.39 is 32.2 Å². The van der Waals surface area contributed by atoms with E-state index in [2.05, 4.69) is 65.2 Å². The zero-order chi connectivity index (χ0) is 62.4. The van der Waals surface area contributed by atoms with E-state index in [1.54, 1.807) is 24.3 Å². The van der Waals surface area contributed by atoms with Crippen molar-refractivity contribution in [3.63, 3.8) is 0 Å². The zero-order valence-corrected chi connectivity index (χ0v) is 53.6. The van der Waals surface area contributed by atoms with E-state index in [1.165, 1.54) is 41.5 Å². The second-order valence-corrected chi connectivity index (χ2v) is 18.1. The molecule has 3 aliphatic heterocycles. The molecule has 0 saturated carbocycles. The van der Waals surface area contributed by atoms with Gasteiger partial charge in [0, 0.05) is 159 Å². The van der Waals surface area contributed by atoms with Crippen LogP contribution in [0.1, 0.15) is 31.8 Å². The first-order chi connectivity index (χ1) is 40.7. The van der Waals surface area contributed by atoms with Gasteiger partial charge >= 0.3 is 44.9 Å². The van der Waals surface area contributed by atoms with Crippen molar-refractivity contribution >= 4 is 22.8 Å². The van der Waals surface area contributed by atoms with Gasteiger partial charge in [-0.2, -0.15) is 0 Å². The van der Waals surface area contributed by atoms with Crippen molar-refractivity contribution in [2.45, 2.75) is 13.1 Å². The summed E-state index contributed by atoms with van der Waals surface area (Å²) in [5.41, 5.74) is 3.84. The first-order valence-corrected chi connectivity index (χ1v) is 26.5. The number of phenolic OH excluding ortho intramolecular Hbond substituents is 1. The number of hydrogen-bond donors (Lipinski definition) is 9. The van der Waals surface area contributed by atoms with Crippen LogP contribution in [-0.4, -0.2) is 197 Å². The molecule has 2 fully saturated rings. The number of nitrogens with zero attached hydrogens (tertiary/aromatic N) is 6. The number of aromatic hydroxyl groups is 1. The van der Waals surface area contributed by atoms with Crippen LogP contribution < -0.4 is 47.4 Å². The van der Waals surface area contributed by atoms with Crippen molar-refractivity contribution in [2.24, 2.45) is 0 Å². The number of carbonyl (C=O) groups is 2. The third-order valence-corrected chi connectivity index (χ3v) is 12.0. The van der Waals surface area contributed by atoms with E-state index in [0.29, 0.717) is 48.5 Å². The van der Waals surface area contributed by atoms with Crippen molar-refractivity contribution in [2.75, 3.05) is 144 Å². The van der Waals surface area contributed by atoms with Gasteiger partial charge in [-0.05, 0) is 65.2 Å². The summed E-state index contributed by atoms with van der Waals surface area (Å²) in [4.78, 5) is 76.0. The fraction of sp³-hybridized carbons (Fsp3) is 0.471. The van der Waals surface area contributed by atoms with Gasteiger partial charge in [0.1, 0.15) is 29.4 Å². The fourth-order valence-corrected chi connectivity index (χ4v) is 8.57. The number of nitrogens with one attached hydrogen (secondary N) is 7. The molecule has 1 aliphatic carbocycles. The smallest absolute Gasteiger partial charge is 0.508 e. The molecule has 0 aromatic heterocycles. The van der Waals surface area contributed by atoms with Crippen molar-refractivity contribution in [3.05, 3.63) is 167 Å². The van der Waals surface area contributed by atoms with Gasteiger partial charge in [-0.3, -0.25) is 19.4 Å². The number of benzene rings is 4. The largest absolute Gasteiger partial charge is 2.00 e. The summed E-state index contributed by atoms with van der Waals surface area (Å²) in [6, 6.07) is 19.9. The Morgan fingerprint density at radius 3 is 1.46 bits per heavy atom. The van der Waals surface area contributed by atoms with Gasteiger partial charge < -0.3 is 127 Å². The molecule has 0 unspecified atom stereocenters. The molecule has 4 aliphatic rings. The third kappa shape index (κ3) is 33.9. The summed E-state index contributed by atoms with van der Waals surface area (Å²) >= 11 is 0. The molecular formula is C51H69N13O21Zn2. The number of hydrogen-bond acceptors (Lipinski definition) is 28. The summed E-state index contributed by atoms with van der Waals surface area (Å²) < 4.78 is 23.8. The maximum Gasteiger partial charge on any atom is 2.00 e. The predicted molar refractivity (Wildman–Crippen MR) is 308 cm³/mol. The van der Waals surface area contributed by atoms with Crippen LogP contribution in [0.15, 0.2) is 82.0 Å². The van der Waals surface area contributed by atoms with E-state index in [0.717, 1.165) is 124 Å². The Hall–Kier alpha value is -7.46. The molecule has 468 valence electrons. The molecule has 0 bridgehead atoms. The van der Waals surface area contributed by atoms with Crippen LogP contribution in [0.25, 0.3) is 33.4 Å². The molecule has 34 nitrogen and oxygen atoms in total. The van der Waals surface area contributed by atoms with Crippen molar-refractivity contribution < 1.29 is 97.7 Å². The Labute approximate surface area is 523 Å². The van der Waals surface area contributed by atoms with Crippen molar-refractivity contribution in [3.8, 4) is 33.9 Å². The normalized spacial score (nSPS) is 14.4. The minimum atomic E-state index is -1.75. The van der Waals surface area contributed by atoms with E-state index in [4.69, 9.17) is 79.9 Å². The Morgan fingerprint density at radius 1 is 0.552 bits per heavy atom. The number of amides is 1. The van der Waals surface area contributed by atoms with Crippen LogP contribution >= 0.6 is 0 Å². The Balaban J connectivity index is 0.00000188. The third-order valence-electron chi connectivity index (χ3n) is 12.0. The number of phenols is 1. The number of rotatable bonds is 17. The fourth-order valence-electron chi connectivity index (χ4n) is 8.57. The SMILES string of the molecule is O=C(NCCOCCOCCOc1cc(CN2CCNCCNCCNCC2)cc(CN2CCNCCNCCNCC2)c1)c1ccc(-c2c3ccc(=O)cc-3oc3cc(O)ccc23)c(C(=O)O)c1.O=[N+]([O-])[O-].O=[N+]([O-])[O-].O=[N+]([O-])[O-].O=[N+]([O-])[O-].[Zn+2].[Zn+2]. The van der Waals surface area contributed by atoms with Gasteiger partial charge in [-0.15, -0.1) is 0 Å². The molecule has 2 saturated heterocycles. The van der Waals surface area contributed by atoms with Gasteiger partial charge in [0.2, 0.25) is 0 Å². The summed E-state index contributed by atoms with van der Waals surface area (Å²) in [6.07, 6.45) is 0. The first kappa shape index (κ1) is 77.5. The number of ether oxygens (including phenoxy) is 3. The van der Waals surface area contributed by atoms with Crippen molar-refractivity contribution in [1.29, 1.82) is 0 Å². The summed E-state index contributed by atoms with van der Waals surface area (Å²) in [7, 11) is 0. The zero-order valence-electron chi connectivity index (χ0n) is 47.6. The molecule has 3 heterocycles. The molecular weight excluding hydrogens is 1260 g/mol. The average Bonchev–Trinajstić information content (AvgIpc) is 0.817. The van der Waals surface area contributed by atoms with Crippen LogP contribution in [0.4, 0.5) is 0 Å². The molecule has 0 radical (unpaired) electrons. The summed E-state index contributed by atoms with van der Waals surface area (Å²) in [5.74, 6) is -0.672. The Kier molecular flexibility index (Phi) is 40.0. The maximum atomic E-state index is 13.2. The van der Waals surface area contributed by atoms with Gasteiger partial charge in [-0.25, -0.2) is 4.79 Å². The number of carboxylic acids is 1. The quantitative estimate of drug-likeness (QED) is 0.0206. The topological polar surface area (TPSA) is 488 Å². The Morgan fingerprint density at radius 2 is 0.989 bits per heavy atom. The number of aromatic carboxylic acids is 1. The minimum Gasteiger partial charge on any atom is -0.508 e. The number of carbonyl (C=O) groups excluding carboxylic acids is 1. The second kappa shape index (κ2) is 44.9. The average molecular weight is 1330 g/mol. The molecule has 3 aromatic rings. The van der Waals surface area contributed by atoms with E-state index in [1.807, 2.05) is 0 Å². The van der Waals surface area contributed by atoms with Gasteiger partial charge in [-0.1, -0.05) is 12.1 Å². The van der Waals surface area contributed by atoms with Gasteiger partial charge in [0.15, 0.2) is 5.43 Å². The molecule has 3 aromatic carbocycles. The molecule has 9 N–H and O–H groups in total. The number of fused-ring (bicyclic) bond motifs is 2. The van der Waals surface area contributed by atoms with Crippen LogP contribution in [0.2, 0.25) is 0 Å². The molecule has 1 amide bonds. The van der Waals surface area contributed by atoms with Crippen LogP contribution in [0.3, 0.4) is 0 Å². The van der Waals surface area contributed by atoms with E-state index >= 15 is 0 Å². The van der Waals surface area contributed by atoms with Crippen LogP contribution in [0, 0.1) is 61.3 Å². The van der Waals surface area contributed by atoms with Gasteiger partial charge in [0.25, 0.3) is 5.91 Å². The molecule has 87 heavy (non-hydrogen) atoms. The van der Waals surface area contributed by atoms with Gasteiger partial charge in [0.05, 0.1) is 52.3 Å². The second-order valence-electron chi connectivity index (χ2n) is 18.1. The Bertz CT molecular complexity index is 2760. The first-order valence-electron chi connectivity index (χ1n) is 26.5. The summed E-state index contributed by atoms with van der Waals surface area (Å²) in [5, 5.41) is 104. The standard InChI is InChI=1S/C51H69N9O9.4NO3.2Zn/c61-40-2-5-44-47(33-40)69-48-34-41(62)3-6-45(48)49(44)43-4-1-39(32-46(43)51(64)65)50(63)58-19-24-66-25-26-67-27-28-68-42-30-37(35-59-20-15-54-11-7-52-8-12-55-16-21-59)29-38(31-42)36-60-22-17-56-13-9-53-10-14-57-18-23-60;4*2-1(3)4;;/h1-6,29-34,52-57,61H,7-28,35-36H2,(H,58,63)(H,64,65);;;;;;/q;4*-1;2*+2. The minimum absolute atomic E-state index is 0. The number of carboxylic acid groups (broad SMARTS) is 1. The van der Waals surface area contributed by atoms with Crippen molar-refractivity contribution in [1.82, 2.24) is 47.0 Å². The molecule has 0 spiro atoms. The van der Waals surface area contributed by atoms with Crippen LogP contribution in [-0.2, 0) is 61.5 Å².